The minimum atomic E-state index is -0.434. The maximum absolute atomic E-state index is 11.9. The molecule has 0 radical (unpaired) electrons. The van der Waals surface area contributed by atoms with Crippen molar-refractivity contribution in [2.24, 2.45) is 0 Å². The Bertz CT molecular complexity index is 881. The molecular weight excluding hydrogens is 318 g/mol. The Kier molecular flexibility index (Phi) is 4.84. The van der Waals surface area contributed by atoms with E-state index in [4.69, 9.17) is 14.0 Å². The van der Waals surface area contributed by atoms with Crippen LogP contribution in [-0.2, 0) is 11.3 Å². The molecule has 0 fully saturated rings. The molecule has 0 saturated carbocycles. The predicted octanol–water partition coefficient (Wildman–Crippen LogP) is 4.32. The van der Waals surface area contributed by atoms with Crippen LogP contribution in [0.15, 0.2) is 53.1 Å². The lowest BCUT2D eigenvalue weighted by Crippen LogP contribution is -2.06. The van der Waals surface area contributed by atoms with Crippen molar-refractivity contribution in [2.75, 3.05) is 7.11 Å². The summed E-state index contributed by atoms with van der Waals surface area (Å²) in [5.41, 5.74) is 4.25. The zero-order chi connectivity index (χ0) is 17.8. The molecule has 3 aromatic rings. The third kappa shape index (κ3) is 3.88. The van der Waals surface area contributed by atoms with E-state index in [0.717, 1.165) is 16.8 Å². The van der Waals surface area contributed by atoms with Gasteiger partial charge in [0.15, 0.2) is 5.76 Å². The van der Waals surface area contributed by atoms with E-state index in [1.54, 1.807) is 12.1 Å². The first kappa shape index (κ1) is 16.8. The van der Waals surface area contributed by atoms with Crippen LogP contribution in [0, 0.1) is 13.8 Å². The lowest BCUT2D eigenvalue weighted by Gasteiger charge is -2.09. The van der Waals surface area contributed by atoms with E-state index in [-0.39, 0.29) is 6.61 Å². The van der Waals surface area contributed by atoms with Gasteiger partial charge in [-0.2, -0.15) is 0 Å². The topological polar surface area (TPSA) is 61.6 Å². The van der Waals surface area contributed by atoms with E-state index in [0.29, 0.717) is 17.1 Å². The van der Waals surface area contributed by atoms with Crippen molar-refractivity contribution in [3.8, 4) is 17.0 Å². The standard InChI is InChI=1S/C20H19NO4/c1-13-4-7-15(8-5-13)18-11-16(25-21-18)12-24-19-9-6-14(2)10-17(19)20(22)23-3/h4-11H,12H2,1-3H3. The van der Waals surface area contributed by atoms with Crippen molar-refractivity contribution >= 4 is 5.97 Å². The highest BCUT2D eigenvalue weighted by Gasteiger charge is 2.14. The van der Waals surface area contributed by atoms with Gasteiger partial charge in [-0.1, -0.05) is 46.6 Å². The lowest BCUT2D eigenvalue weighted by atomic mass is 10.1. The summed E-state index contributed by atoms with van der Waals surface area (Å²) in [5.74, 6) is 0.592. The highest BCUT2D eigenvalue weighted by Crippen LogP contribution is 2.24. The molecule has 1 heterocycles. The smallest absolute Gasteiger partial charge is 0.341 e. The van der Waals surface area contributed by atoms with E-state index < -0.39 is 5.97 Å². The number of carbonyl (C=O) groups is 1. The molecule has 0 unspecified atom stereocenters. The Labute approximate surface area is 146 Å². The summed E-state index contributed by atoms with van der Waals surface area (Å²) in [5, 5.41) is 4.07. The molecular formula is C20H19NO4. The van der Waals surface area contributed by atoms with Crippen molar-refractivity contribution in [2.45, 2.75) is 20.5 Å². The van der Waals surface area contributed by atoms with Gasteiger partial charge in [-0.3, -0.25) is 0 Å². The minimum absolute atomic E-state index is 0.173. The lowest BCUT2D eigenvalue weighted by molar-refractivity contribution is 0.0595. The number of nitrogens with zero attached hydrogens (tertiary/aromatic N) is 1. The van der Waals surface area contributed by atoms with Crippen molar-refractivity contribution in [3.05, 3.63) is 71.0 Å². The van der Waals surface area contributed by atoms with E-state index in [2.05, 4.69) is 5.16 Å². The van der Waals surface area contributed by atoms with Gasteiger partial charge in [0.05, 0.1) is 7.11 Å². The van der Waals surface area contributed by atoms with Crippen LogP contribution in [0.5, 0.6) is 5.75 Å². The van der Waals surface area contributed by atoms with Crippen molar-refractivity contribution in [3.63, 3.8) is 0 Å². The molecule has 0 N–H and O–H groups in total. The molecule has 3 rings (SSSR count). The van der Waals surface area contributed by atoms with Gasteiger partial charge in [-0.15, -0.1) is 0 Å². The quantitative estimate of drug-likeness (QED) is 0.649. The highest BCUT2D eigenvalue weighted by atomic mass is 16.5. The first-order chi connectivity index (χ1) is 12.1. The average molecular weight is 337 g/mol. The third-order valence-electron chi connectivity index (χ3n) is 3.82. The Morgan fingerprint density at radius 2 is 1.76 bits per heavy atom. The zero-order valence-corrected chi connectivity index (χ0v) is 14.4. The summed E-state index contributed by atoms with van der Waals surface area (Å²) in [6.07, 6.45) is 0. The van der Waals surface area contributed by atoms with Crippen LogP contribution in [0.1, 0.15) is 27.2 Å². The van der Waals surface area contributed by atoms with Gasteiger partial charge < -0.3 is 14.0 Å². The number of aromatic nitrogens is 1. The largest absolute Gasteiger partial charge is 0.485 e. The normalized spacial score (nSPS) is 10.5. The molecule has 0 saturated heterocycles. The Morgan fingerprint density at radius 1 is 1.04 bits per heavy atom. The number of hydrogen-bond acceptors (Lipinski definition) is 5. The average Bonchev–Trinajstić information content (AvgIpc) is 3.09. The molecule has 5 nitrogen and oxygen atoms in total. The fourth-order valence-electron chi connectivity index (χ4n) is 2.43. The van der Waals surface area contributed by atoms with Crippen LogP contribution in [0.2, 0.25) is 0 Å². The van der Waals surface area contributed by atoms with Crippen molar-refractivity contribution in [1.82, 2.24) is 5.16 Å². The Hall–Kier alpha value is -3.08. The monoisotopic (exact) mass is 337 g/mol. The number of aryl methyl sites for hydroxylation is 2. The summed E-state index contributed by atoms with van der Waals surface area (Å²) in [6.45, 7) is 4.11. The second-order valence-corrected chi connectivity index (χ2v) is 5.82. The van der Waals surface area contributed by atoms with Crippen LogP contribution < -0.4 is 4.74 Å². The third-order valence-corrected chi connectivity index (χ3v) is 3.82. The second-order valence-electron chi connectivity index (χ2n) is 5.82. The predicted molar refractivity (Wildman–Crippen MR) is 93.5 cm³/mol. The maximum Gasteiger partial charge on any atom is 0.341 e. The molecule has 0 atom stereocenters. The molecule has 2 aromatic carbocycles. The van der Waals surface area contributed by atoms with Gasteiger partial charge in [0.25, 0.3) is 0 Å². The molecule has 0 aliphatic heterocycles. The minimum Gasteiger partial charge on any atom is -0.485 e. The van der Waals surface area contributed by atoms with Crippen LogP contribution in [0.4, 0.5) is 0 Å². The molecule has 128 valence electrons. The molecule has 0 aliphatic carbocycles. The first-order valence-electron chi connectivity index (χ1n) is 7.91. The summed E-state index contributed by atoms with van der Waals surface area (Å²) >= 11 is 0. The molecule has 0 spiro atoms. The summed E-state index contributed by atoms with van der Waals surface area (Å²) in [7, 11) is 1.35. The van der Waals surface area contributed by atoms with E-state index >= 15 is 0 Å². The van der Waals surface area contributed by atoms with Gasteiger partial charge in [-0.05, 0) is 26.0 Å². The molecule has 1 aromatic heterocycles. The van der Waals surface area contributed by atoms with Crippen LogP contribution in [0.25, 0.3) is 11.3 Å². The fourth-order valence-corrected chi connectivity index (χ4v) is 2.43. The van der Waals surface area contributed by atoms with Crippen molar-refractivity contribution in [1.29, 1.82) is 0 Å². The summed E-state index contributed by atoms with van der Waals surface area (Å²) < 4.78 is 15.9. The van der Waals surface area contributed by atoms with Crippen LogP contribution in [0.3, 0.4) is 0 Å². The number of methoxy groups -OCH3 is 1. The Morgan fingerprint density at radius 3 is 2.48 bits per heavy atom. The van der Waals surface area contributed by atoms with Gasteiger partial charge in [-0.25, -0.2) is 4.79 Å². The van der Waals surface area contributed by atoms with Crippen molar-refractivity contribution < 1.29 is 18.8 Å². The highest BCUT2D eigenvalue weighted by molar-refractivity contribution is 5.92. The van der Waals surface area contributed by atoms with Gasteiger partial charge in [0, 0.05) is 11.6 Å². The SMILES string of the molecule is COC(=O)c1cc(C)ccc1OCc1cc(-c2ccc(C)cc2)no1. The van der Waals surface area contributed by atoms with Gasteiger partial charge in [0.2, 0.25) is 0 Å². The summed E-state index contributed by atoms with van der Waals surface area (Å²) in [6, 6.07) is 15.2. The number of hydrogen-bond donors (Lipinski definition) is 0. The van der Waals surface area contributed by atoms with Gasteiger partial charge >= 0.3 is 5.97 Å². The van der Waals surface area contributed by atoms with Gasteiger partial charge in [0.1, 0.15) is 23.6 Å². The number of benzene rings is 2. The number of rotatable bonds is 5. The van der Waals surface area contributed by atoms with E-state index in [9.17, 15) is 4.79 Å². The second kappa shape index (κ2) is 7.21. The van der Waals surface area contributed by atoms with E-state index in [1.807, 2.05) is 50.2 Å². The zero-order valence-electron chi connectivity index (χ0n) is 14.4. The number of esters is 1. The number of ether oxygens (including phenoxy) is 2. The molecule has 0 bridgehead atoms. The van der Waals surface area contributed by atoms with Crippen LogP contribution in [-0.4, -0.2) is 18.2 Å². The number of carbonyl (C=O) groups excluding carboxylic acids is 1. The fraction of sp³-hybridized carbons (Fsp3) is 0.200. The summed E-state index contributed by atoms with van der Waals surface area (Å²) in [4.78, 5) is 11.9. The molecule has 0 amide bonds. The molecule has 0 aliphatic rings. The molecule has 5 heteroatoms. The Balaban J connectivity index is 1.74. The molecule has 25 heavy (non-hydrogen) atoms. The first-order valence-corrected chi connectivity index (χ1v) is 7.91. The van der Waals surface area contributed by atoms with Crippen LogP contribution >= 0.6 is 0 Å². The maximum atomic E-state index is 11.9. The van der Waals surface area contributed by atoms with E-state index in [1.165, 1.54) is 12.7 Å².